The van der Waals surface area contributed by atoms with Crippen molar-refractivity contribution in [3.63, 3.8) is 0 Å². The molecule has 0 spiro atoms. The minimum Gasteiger partial charge on any atom is -0.360 e. The zero-order valence-electron chi connectivity index (χ0n) is 11.2. The molecule has 100 valence electrons. The van der Waals surface area contributed by atoms with Crippen molar-refractivity contribution in [3.8, 4) is 0 Å². The van der Waals surface area contributed by atoms with Gasteiger partial charge in [-0.2, -0.15) is 5.10 Å². The van der Waals surface area contributed by atoms with Crippen molar-refractivity contribution in [1.29, 1.82) is 0 Å². The molecule has 0 amide bonds. The summed E-state index contributed by atoms with van der Waals surface area (Å²) in [6.07, 6.45) is 0. The summed E-state index contributed by atoms with van der Waals surface area (Å²) in [7, 11) is 1.69. The molecule has 0 saturated heterocycles. The highest BCUT2D eigenvalue weighted by Crippen LogP contribution is 2.27. The van der Waals surface area contributed by atoms with E-state index >= 15 is 0 Å². The molecule has 0 aliphatic rings. The van der Waals surface area contributed by atoms with Crippen LogP contribution in [-0.2, 0) is 13.6 Å². The van der Waals surface area contributed by atoms with Crippen LogP contribution in [0.25, 0.3) is 0 Å². The van der Waals surface area contributed by atoms with Crippen molar-refractivity contribution in [3.05, 3.63) is 51.2 Å². The molecule has 6 heteroatoms. The van der Waals surface area contributed by atoms with Crippen LogP contribution < -0.4 is 5.32 Å². The van der Waals surface area contributed by atoms with Crippen molar-refractivity contribution >= 4 is 11.5 Å². The van der Waals surface area contributed by atoms with Crippen LogP contribution in [0.1, 0.15) is 16.8 Å². The second kappa shape index (κ2) is 5.09. The van der Waals surface area contributed by atoms with Gasteiger partial charge in [-0.3, -0.25) is 10.1 Å². The molecule has 0 fully saturated rings. The Morgan fingerprint density at radius 1 is 1.42 bits per heavy atom. The first-order valence-corrected chi connectivity index (χ1v) is 5.96. The van der Waals surface area contributed by atoms with E-state index in [9.17, 15) is 10.1 Å². The van der Waals surface area contributed by atoms with Crippen LogP contribution in [0, 0.1) is 24.0 Å². The fourth-order valence-corrected chi connectivity index (χ4v) is 2.07. The maximum absolute atomic E-state index is 11.0. The molecule has 0 bridgehead atoms. The lowest BCUT2D eigenvalue weighted by Crippen LogP contribution is -2.06. The lowest BCUT2D eigenvalue weighted by Gasteiger charge is -2.06. The van der Waals surface area contributed by atoms with Gasteiger partial charge >= 0.3 is 5.69 Å². The number of benzene rings is 1. The van der Waals surface area contributed by atoms with Gasteiger partial charge in [0.25, 0.3) is 0 Å². The number of rotatable bonds is 4. The predicted molar refractivity (Wildman–Crippen MR) is 73.1 cm³/mol. The van der Waals surface area contributed by atoms with Gasteiger partial charge in [-0.1, -0.05) is 29.8 Å². The summed E-state index contributed by atoms with van der Waals surface area (Å²) in [5.74, 6) is 0.434. The van der Waals surface area contributed by atoms with Crippen LogP contribution in [0.3, 0.4) is 0 Å². The van der Waals surface area contributed by atoms with E-state index in [0.29, 0.717) is 18.1 Å². The fraction of sp³-hybridized carbons (Fsp3) is 0.308. The van der Waals surface area contributed by atoms with E-state index < -0.39 is 4.92 Å². The molecule has 1 heterocycles. The lowest BCUT2D eigenvalue weighted by molar-refractivity contribution is -0.384. The predicted octanol–water partition coefficient (Wildman–Crippen LogP) is 2.56. The molecular formula is C13H16N4O2. The van der Waals surface area contributed by atoms with Crippen LogP contribution in [-0.4, -0.2) is 14.7 Å². The first kappa shape index (κ1) is 13.1. The van der Waals surface area contributed by atoms with Crippen LogP contribution in [0.5, 0.6) is 0 Å². The summed E-state index contributed by atoms with van der Waals surface area (Å²) in [6.45, 7) is 4.18. The zero-order valence-corrected chi connectivity index (χ0v) is 11.2. The third kappa shape index (κ3) is 2.73. The smallest absolute Gasteiger partial charge is 0.333 e. The van der Waals surface area contributed by atoms with Gasteiger partial charge in [0.1, 0.15) is 5.69 Å². The van der Waals surface area contributed by atoms with Gasteiger partial charge in [0, 0.05) is 13.6 Å². The summed E-state index contributed by atoms with van der Waals surface area (Å²) in [5, 5.41) is 18.2. The standard InChI is InChI=1S/C13H16N4O2/c1-9-5-4-6-11(7-9)8-14-13-12(17(18)19)10(2)15-16(13)3/h4-7,14H,8H2,1-3H3. The van der Waals surface area contributed by atoms with Gasteiger partial charge in [-0.05, 0) is 19.4 Å². The summed E-state index contributed by atoms with van der Waals surface area (Å²) in [6, 6.07) is 8.01. The van der Waals surface area contributed by atoms with Crippen LogP contribution in [0.2, 0.25) is 0 Å². The first-order chi connectivity index (χ1) is 8.99. The molecule has 1 N–H and O–H groups in total. The largest absolute Gasteiger partial charge is 0.360 e. The maximum atomic E-state index is 11.0. The van der Waals surface area contributed by atoms with Crippen molar-refractivity contribution in [2.45, 2.75) is 20.4 Å². The van der Waals surface area contributed by atoms with E-state index in [1.165, 1.54) is 4.68 Å². The van der Waals surface area contributed by atoms with Crippen molar-refractivity contribution in [2.24, 2.45) is 7.05 Å². The molecule has 2 aromatic rings. The van der Waals surface area contributed by atoms with Crippen molar-refractivity contribution < 1.29 is 4.92 Å². The summed E-state index contributed by atoms with van der Waals surface area (Å²) in [5.41, 5.74) is 2.69. The molecule has 0 unspecified atom stereocenters. The maximum Gasteiger partial charge on any atom is 0.333 e. The Kier molecular flexibility index (Phi) is 3.50. The van der Waals surface area contributed by atoms with Gasteiger partial charge in [0.05, 0.1) is 4.92 Å². The number of hydrogen-bond donors (Lipinski definition) is 1. The number of nitro groups is 1. The van der Waals surface area contributed by atoms with Gasteiger partial charge in [-0.25, -0.2) is 4.68 Å². The zero-order chi connectivity index (χ0) is 14.0. The van der Waals surface area contributed by atoms with Gasteiger partial charge in [0.15, 0.2) is 0 Å². The molecule has 0 radical (unpaired) electrons. The molecule has 0 aliphatic carbocycles. The third-order valence-electron chi connectivity index (χ3n) is 2.92. The van der Waals surface area contributed by atoms with Crippen LogP contribution >= 0.6 is 0 Å². The molecule has 0 saturated carbocycles. The van der Waals surface area contributed by atoms with Gasteiger partial charge in [0.2, 0.25) is 5.82 Å². The number of aromatic nitrogens is 2. The summed E-state index contributed by atoms with van der Waals surface area (Å²) >= 11 is 0. The summed E-state index contributed by atoms with van der Waals surface area (Å²) < 4.78 is 1.50. The number of nitrogens with one attached hydrogen (secondary N) is 1. The Labute approximate surface area is 111 Å². The van der Waals surface area contributed by atoms with Crippen molar-refractivity contribution in [1.82, 2.24) is 9.78 Å². The van der Waals surface area contributed by atoms with Gasteiger partial charge < -0.3 is 5.32 Å². The van der Waals surface area contributed by atoms with Crippen LogP contribution in [0.4, 0.5) is 11.5 Å². The topological polar surface area (TPSA) is 73.0 Å². The number of aryl methyl sites for hydroxylation is 3. The SMILES string of the molecule is Cc1cccc(CNc2c([N+](=O)[O-])c(C)nn2C)c1. The second-order valence-electron chi connectivity index (χ2n) is 4.51. The highest BCUT2D eigenvalue weighted by molar-refractivity contribution is 5.59. The van der Waals surface area contributed by atoms with E-state index in [1.807, 2.05) is 31.2 Å². The third-order valence-corrected chi connectivity index (χ3v) is 2.92. The summed E-state index contributed by atoms with van der Waals surface area (Å²) in [4.78, 5) is 10.6. The average molecular weight is 260 g/mol. The molecule has 2 rings (SSSR count). The first-order valence-electron chi connectivity index (χ1n) is 5.96. The quantitative estimate of drug-likeness (QED) is 0.677. The molecule has 0 atom stereocenters. The van der Waals surface area contributed by atoms with E-state index in [4.69, 9.17) is 0 Å². The molecule has 1 aromatic heterocycles. The highest BCUT2D eigenvalue weighted by Gasteiger charge is 2.23. The molecule has 6 nitrogen and oxygen atoms in total. The fourth-order valence-electron chi connectivity index (χ4n) is 2.07. The van der Waals surface area contributed by atoms with Crippen LogP contribution in [0.15, 0.2) is 24.3 Å². The Hall–Kier alpha value is -2.37. The molecular weight excluding hydrogens is 244 g/mol. The van der Waals surface area contributed by atoms with Gasteiger partial charge in [-0.15, -0.1) is 0 Å². The minimum absolute atomic E-state index is 0.0372. The Morgan fingerprint density at radius 3 is 2.79 bits per heavy atom. The molecule has 1 aromatic carbocycles. The van der Waals surface area contributed by atoms with E-state index in [2.05, 4.69) is 10.4 Å². The van der Waals surface area contributed by atoms with E-state index in [1.54, 1.807) is 14.0 Å². The normalized spacial score (nSPS) is 10.5. The minimum atomic E-state index is -0.402. The van der Waals surface area contributed by atoms with E-state index in [-0.39, 0.29) is 5.69 Å². The second-order valence-corrected chi connectivity index (χ2v) is 4.51. The Morgan fingerprint density at radius 2 is 2.16 bits per heavy atom. The lowest BCUT2D eigenvalue weighted by atomic mass is 10.1. The average Bonchev–Trinajstić information content (AvgIpc) is 2.61. The molecule has 19 heavy (non-hydrogen) atoms. The molecule has 0 aliphatic heterocycles. The number of hydrogen-bond acceptors (Lipinski definition) is 4. The number of anilines is 1. The monoisotopic (exact) mass is 260 g/mol. The Bertz CT molecular complexity index is 619. The Balaban J connectivity index is 2.22. The highest BCUT2D eigenvalue weighted by atomic mass is 16.6. The number of nitrogens with zero attached hydrogens (tertiary/aromatic N) is 3. The van der Waals surface area contributed by atoms with Crippen molar-refractivity contribution in [2.75, 3.05) is 5.32 Å². The van der Waals surface area contributed by atoms with E-state index in [0.717, 1.165) is 11.1 Å².